The normalized spacial score (nSPS) is 17.2. The van der Waals surface area contributed by atoms with Crippen LogP contribution in [0.3, 0.4) is 0 Å². The standard InChI is InChI=1S/C14H18Br2N2O/c1-9(14(19)18-11-4-2-3-5-11)17-13-7-6-10(15)8-12(13)16/h6-9,11,17H,2-5H2,1H3,(H,18,19). The molecular weight excluding hydrogens is 372 g/mol. The zero-order valence-corrected chi connectivity index (χ0v) is 14.1. The average Bonchev–Trinajstić information content (AvgIpc) is 2.85. The minimum Gasteiger partial charge on any atom is -0.373 e. The number of carbonyl (C=O) groups is 1. The van der Waals surface area contributed by atoms with Crippen molar-refractivity contribution in [2.75, 3.05) is 5.32 Å². The molecule has 1 aliphatic rings. The van der Waals surface area contributed by atoms with Gasteiger partial charge in [-0.2, -0.15) is 0 Å². The van der Waals surface area contributed by atoms with Crippen LogP contribution in [0.15, 0.2) is 27.1 Å². The first kappa shape index (κ1) is 14.9. The van der Waals surface area contributed by atoms with E-state index in [-0.39, 0.29) is 11.9 Å². The van der Waals surface area contributed by atoms with Crippen LogP contribution in [0.2, 0.25) is 0 Å². The van der Waals surface area contributed by atoms with E-state index in [4.69, 9.17) is 0 Å². The zero-order chi connectivity index (χ0) is 13.8. The summed E-state index contributed by atoms with van der Waals surface area (Å²) in [6, 6.07) is 6.00. The molecule has 0 heterocycles. The molecule has 104 valence electrons. The second-order valence-electron chi connectivity index (χ2n) is 4.98. The predicted octanol–water partition coefficient (Wildman–Crippen LogP) is 4.07. The van der Waals surface area contributed by atoms with E-state index < -0.39 is 0 Å². The molecule has 2 rings (SSSR count). The Labute approximate surface area is 130 Å². The van der Waals surface area contributed by atoms with Crippen molar-refractivity contribution in [2.45, 2.75) is 44.7 Å². The Morgan fingerprint density at radius 2 is 2.00 bits per heavy atom. The van der Waals surface area contributed by atoms with Crippen molar-refractivity contribution in [3.63, 3.8) is 0 Å². The van der Waals surface area contributed by atoms with Crippen LogP contribution in [0.25, 0.3) is 0 Å². The molecule has 0 spiro atoms. The van der Waals surface area contributed by atoms with Crippen molar-refractivity contribution in [3.8, 4) is 0 Å². The summed E-state index contributed by atoms with van der Waals surface area (Å²) in [6.45, 7) is 1.89. The molecule has 1 saturated carbocycles. The highest BCUT2D eigenvalue weighted by Crippen LogP contribution is 2.26. The highest BCUT2D eigenvalue weighted by Gasteiger charge is 2.20. The highest BCUT2D eigenvalue weighted by molar-refractivity contribution is 9.11. The minimum atomic E-state index is -0.238. The molecule has 1 amide bonds. The number of nitrogens with one attached hydrogen (secondary N) is 2. The molecule has 1 aliphatic carbocycles. The number of halogens is 2. The van der Waals surface area contributed by atoms with Crippen LogP contribution >= 0.6 is 31.9 Å². The summed E-state index contributed by atoms with van der Waals surface area (Å²) in [5.41, 5.74) is 0.928. The van der Waals surface area contributed by atoms with Crippen LogP contribution in [0.4, 0.5) is 5.69 Å². The Hall–Kier alpha value is -0.550. The molecule has 1 unspecified atom stereocenters. The molecule has 1 fully saturated rings. The second-order valence-corrected chi connectivity index (χ2v) is 6.75. The average molecular weight is 390 g/mol. The lowest BCUT2D eigenvalue weighted by Gasteiger charge is -2.19. The van der Waals surface area contributed by atoms with Gasteiger partial charge in [0.05, 0.1) is 0 Å². The van der Waals surface area contributed by atoms with Gasteiger partial charge in [0, 0.05) is 20.7 Å². The monoisotopic (exact) mass is 388 g/mol. The molecule has 0 bridgehead atoms. The summed E-state index contributed by atoms with van der Waals surface area (Å²) in [6.07, 6.45) is 4.68. The number of hydrogen-bond acceptors (Lipinski definition) is 2. The van der Waals surface area contributed by atoms with E-state index in [1.807, 2.05) is 25.1 Å². The van der Waals surface area contributed by atoms with Crippen molar-refractivity contribution >= 4 is 43.5 Å². The quantitative estimate of drug-likeness (QED) is 0.814. The maximum atomic E-state index is 12.1. The fraction of sp³-hybridized carbons (Fsp3) is 0.500. The van der Waals surface area contributed by atoms with Gasteiger partial charge in [-0.3, -0.25) is 4.79 Å². The van der Waals surface area contributed by atoms with Gasteiger partial charge in [0.15, 0.2) is 0 Å². The first-order valence-electron chi connectivity index (χ1n) is 6.58. The highest BCUT2D eigenvalue weighted by atomic mass is 79.9. The summed E-state index contributed by atoms with van der Waals surface area (Å²) >= 11 is 6.90. The smallest absolute Gasteiger partial charge is 0.242 e. The first-order valence-corrected chi connectivity index (χ1v) is 8.17. The fourth-order valence-corrected chi connectivity index (χ4v) is 3.46. The van der Waals surface area contributed by atoms with Crippen LogP contribution in [0.5, 0.6) is 0 Å². The number of amides is 1. The van der Waals surface area contributed by atoms with E-state index in [2.05, 4.69) is 42.5 Å². The first-order chi connectivity index (χ1) is 9.06. The second kappa shape index (κ2) is 6.75. The van der Waals surface area contributed by atoms with Crippen LogP contribution < -0.4 is 10.6 Å². The van der Waals surface area contributed by atoms with Gasteiger partial charge in [0.1, 0.15) is 6.04 Å². The molecule has 0 radical (unpaired) electrons. The molecule has 19 heavy (non-hydrogen) atoms. The summed E-state index contributed by atoms with van der Waals surface area (Å²) < 4.78 is 1.95. The number of anilines is 1. The maximum absolute atomic E-state index is 12.1. The van der Waals surface area contributed by atoms with E-state index in [9.17, 15) is 4.79 Å². The van der Waals surface area contributed by atoms with E-state index in [0.29, 0.717) is 6.04 Å². The Morgan fingerprint density at radius 1 is 1.32 bits per heavy atom. The molecule has 0 saturated heterocycles. The van der Waals surface area contributed by atoms with Gasteiger partial charge in [-0.25, -0.2) is 0 Å². The Morgan fingerprint density at radius 3 is 2.63 bits per heavy atom. The number of carbonyl (C=O) groups excluding carboxylic acids is 1. The summed E-state index contributed by atoms with van der Waals surface area (Å²) in [7, 11) is 0. The SMILES string of the molecule is CC(Nc1ccc(Br)cc1Br)C(=O)NC1CCCC1. The van der Waals surface area contributed by atoms with Gasteiger partial charge in [-0.05, 0) is 53.9 Å². The Balaban J connectivity index is 1.92. The van der Waals surface area contributed by atoms with Gasteiger partial charge in [0.25, 0.3) is 0 Å². The van der Waals surface area contributed by atoms with E-state index in [1.54, 1.807) is 0 Å². The number of hydrogen-bond donors (Lipinski definition) is 2. The third-order valence-electron chi connectivity index (χ3n) is 3.40. The van der Waals surface area contributed by atoms with Crippen molar-refractivity contribution in [3.05, 3.63) is 27.1 Å². The van der Waals surface area contributed by atoms with E-state index in [0.717, 1.165) is 27.5 Å². The maximum Gasteiger partial charge on any atom is 0.242 e. The van der Waals surface area contributed by atoms with Crippen LogP contribution in [0.1, 0.15) is 32.6 Å². The third kappa shape index (κ3) is 4.21. The molecule has 1 aromatic carbocycles. The summed E-state index contributed by atoms with van der Waals surface area (Å²) in [4.78, 5) is 12.1. The zero-order valence-electron chi connectivity index (χ0n) is 10.9. The molecular formula is C14H18Br2N2O. The van der Waals surface area contributed by atoms with Crippen molar-refractivity contribution in [2.24, 2.45) is 0 Å². The lowest BCUT2D eigenvalue weighted by Crippen LogP contribution is -2.42. The van der Waals surface area contributed by atoms with E-state index in [1.165, 1.54) is 12.8 Å². The molecule has 2 N–H and O–H groups in total. The lowest BCUT2D eigenvalue weighted by atomic mass is 10.2. The molecule has 5 heteroatoms. The van der Waals surface area contributed by atoms with Crippen molar-refractivity contribution < 1.29 is 4.79 Å². The van der Waals surface area contributed by atoms with Crippen LogP contribution in [-0.4, -0.2) is 18.0 Å². The minimum absolute atomic E-state index is 0.0710. The largest absolute Gasteiger partial charge is 0.373 e. The van der Waals surface area contributed by atoms with Gasteiger partial charge in [-0.1, -0.05) is 28.8 Å². The third-order valence-corrected chi connectivity index (χ3v) is 4.55. The van der Waals surface area contributed by atoms with Crippen molar-refractivity contribution in [1.82, 2.24) is 5.32 Å². The summed E-state index contributed by atoms with van der Waals surface area (Å²) in [5, 5.41) is 6.34. The van der Waals surface area contributed by atoms with Gasteiger partial charge >= 0.3 is 0 Å². The molecule has 1 atom stereocenters. The molecule has 3 nitrogen and oxygen atoms in total. The fourth-order valence-electron chi connectivity index (χ4n) is 2.30. The van der Waals surface area contributed by atoms with Gasteiger partial charge < -0.3 is 10.6 Å². The molecule has 0 aliphatic heterocycles. The van der Waals surface area contributed by atoms with Gasteiger partial charge in [0.2, 0.25) is 5.91 Å². The lowest BCUT2D eigenvalue weighted by molar-refractivity contribution is -0.122. The molecule has 1 aromatic rings. The summed E-state index contributed by atoms with van der Waals surface area (Å²) in [5.74, 6) is 0.0710. The van der Waals surface area contributed by atoms with Gasteiger partial charge in [-0.15, -0.1) is 0 Å². The van der Waals surface area contributed by atoms with E-state index >= 15 is 0 Å². The van der Waals surface area contributed by atoms with Crippen LogP contribution in [0, 0.1) is 0 Å². The van der Waals surface area contributed by atoms with Crippen molar-refractivity contribution in [1.29, 1.82) is 0 Å². The number of benzene rings is 1. The number of rotatable bonds is 4. The Kier molecular flexibility index (Phi) is 5.28. The van der Waals surface area contributed by atoms with Crippen LogP contribution in [-0.2, 0) is 4.79 Å². The topological polar surface area (TPSA) is 41.1 Å². The predicted molar refractivity (Wildman–Crippen MR) is 85.3 cm³/mol. The molecule has 0 aromatic heterocycles. The Bertz CT molecular complexity index is 459.